The van der Waals surface area contributed by atoms with Gasteiger partial charge in [-0.05, 0) is 25.1 Å². The standard InChI is InChI=1S/C15H13ClN4O2/c1-9-11(8-17-14-5-6-18-20(9)14)15(21)19-12-7-10(16)3-4-13(12)22-2/h3-8H,1-2H3,(H,19,21). The van der Waals surface area contributed by atoms with Gasteiger partial charge in [0.25, 0.3) is 5.91 Å². The van der Waals surface area contributed by atoms with E-state index in [2.05, 4.69) is 15.4 Å². The number of methoxy groups -OCH3 is 1. The molecular weight excluding hydrogens is 304 g/mol. The number of carbonyl (C=O) groups excluding carboxylic acids is 1. The molecule has 1 aromatic carbocycles. The van der Waals surface area contributed by atoms with E-state index in [-0.39, 0.29) is 5.91 Å². The van der Waals surface area contributed by atoms with Gasteiger partial charge in [0.15, 0.2) is 5.65 Å². The Morgan fingerprint density at radius 2 is 2.18 bits per heavy atom. The Morgan fingerprint density at radius 1 is 1.36 bits per heavy atom. The number of aromatic nitrogens is 3. The van der Waals surface area contributed by atoms with Gasteiger partial charge in [-0.25, -0.2) is 9.50 Å². The summed E-state index contributed by atoms with van der Waals surface area (Å²) in [4.78, 5) is 16.7. The molecule has 0 bridgehead atoms. The van der Waals surface area contributed by atoms with Crippen LogP contribution in [0.5, 0.6) is 5.75 Å². The Morgan fingerprint density at radius 3 is 2.95 bits per heavy atom. The fourth-order valence-corrected chi connectivity index (χ4v) is 2.35. The van der Waals surface area contributed by atoms with E-state index >= 15 is 0 Å². The highest BCUT2D eigenvalue weighted by atomic mass is 35.5. The van der Waals surface area contributed by atoms with Crippen molar-refractivity contribution in [3.63, 3.8) is 0 Å². The third-order valence-corrected chi connectivity index (χ3v) is 3.55. The van der Waals surface area contributed by atoms with Crippen molar-refractivity contribution in [1.82, 2.24) is 14.6 Å². The summed E-state index contributed by atoms with van der Waals surface area (Å²) in [7, 11) is 1.53. The van der Waals surface area contributed by atoms with Crippen LogP contribution in [0.3, 0.4) is 0 Å². The molecule has 0 saturated carbocycles. The molecule has 0 spiro atoms. The van der Waals surface area contributed by atoms with Crippen LogP contribution >= 0.6 is 11.6 Å². The van der Waals surface area contributed by atoms with Gasteiger partial charge in [-0.1, -0.05) is 11.6 Å². The Hall–Kier alpha value is -2.60. The summed E-state index contributed by atoms with van der Waals surface area (Å²) in [6.45, 7) is 1.81. The molecule has 2 heterocycles. The fourth-order valence-electron chi connectivity index (χ4n) is 2.18. The molecule has 3 aromatic rings. The number of nitrogens with zero attached hydrogens (tertiary/aromatic N) is 3. The number of fused-ring (bicyclic) bond motifs is 1. The van der Waals surface area contributed by atoms with Crippen molar-refractivity contribution in [2.45, 2.75) is 6.92 Å². The molecule has 0 atom stereocenters. The first-order valence-electron chi connectivity index (χ1n) is 6.54. The van der Waals surface area contributed by atoms with Crippen LogP contribution < -0.4 is 10.1 Å². The quantitative estimate of drug-likeness (QED) is 0.806. The summed E-state index contributed by atoms with van der Waals surface area (Å²) in [5.41, 5.74) is 2.32. The largest absolute Gasteiger partial charge is 0.495 e. The van der Waals surface area contributed by atoms with Crippen molar-refractivity contribution < 1.29 is 9.53 Å². The molecular formula is C15H13ClN4O2. The minimum Gasteiger partial charge on any atom is -0.495 e. The second kappa shape index (κ2) is 5.65. The zero-order valence-corrected chi connectivity index (χ0v) is 12.8. The number of nitrogens with one attached hydrogen (secondary N) is 1. The molecule has 22 heavy (non-hydrogen) atoms. The molecule has 0 saturated heterocycles. The van der Waals surface area contributed by atoms with E-state index in [4.69, 9.17) is 16.3 Å². The average Bonchev–Trinajstić information content (AvgIpc) is 2.97. The molecule has 0 aliphatic carbocycles. The van der Waals surface area contributed by atoms with Gasteiger partial charge < -0.3 is 10.1 Å². The zero-order valence-electron chi connectivity index (χ0n) is 12.0. The Balaban J connectivity index is 1.97. The third kappa shape index (κ3) is 2.48. The molecule has 0 aliphatic rings. The maximum absolute atomic E-state index is 12.5. The molecule has 2 aromatic heterocycles. The van der Waals surface area contributed by atoms with Crippen LogP contribution in [0.1, 0.15) is 16.1 Å². The number of carbonyl (C=O) groups is 1. The average molecular weight is 317 g/mol. The van der Waals surface area contributed by atoms with E-state index in [1.54, 1.807) is 35.0 Å². The van der Waals surface area contributed by atoms with E-state index in [0.29, 0.717) is 33.4 Å². The molecule has 0 radical (unpaired) electrons. The number of rotatable bonds is 3. The molecule has 0 fully saturated rings. The van der Waals surface area contributed by atoms with Crippen LogP contribution in [0.2, 0.25) is 5.02 Å². The SMILES string of the molecule is COc1ccc(Cl)cc1NC(=O)c1cnc2ccnn2c1C. The second-order valence-corrected chi connectivity index (χ2v) is 5.09. The summed E-state index contributed by atoms with van der Waals surface area (Å²) in [6, 6.07) is 6.79. The van der Waals surface area contributed by atoms with Crippen molar-refractivity contribution >= 4 is 28.8 Å². The van der Waals surface area contributed by atoms with Gasteiger partial charge in [0.2, 0.25) is 0 Å². The normalized spacial score (nSPS) is 10.7. The number of anilines is 1. The number of amides is 1. The molecule has 0 unspecified atom stereocenters. The van der Waals surface area contributed by atoms with Crippen molar-refractivity contribution in [2.24, 2.45) is 0 Å². The molecule has 6 nitrogen and oxygen atoms in total. The van der Waals surface area contributed by atoms with E-state index in [0.717, 1.165) is 0 Å². The van der Waals surface area contributed by atoms with Crippen LogP contribution in [0.4, 0.5) is 5.69 Å². The minimum absolute atomic E-state index is 0.303. The van der Waals surface area contributed by atoms with E-state index in [9.17, 15) is 4.79 Å². The predicted molar refractivity (Wildman–Crippen MR) is 83.7 cm³/mol. The van der Waals surface area contributed by atoms with E-state index < -0.39 is 0 Å². The van der Waals surface area contributed by atoms with Crippen LogP contribution in [0.25, 0.3) is 5.65 Å². The maximum Gasteiger partial charge on any atom is 0.259 e. The van der Waals surface area contributed by atoms with Gasteiger partial charge in [0.05, 0.1) is 30.3 Å². The predicted octanol–water partition coefficient (Wildman–Crippen LogP) is 2.95. The van der Waals surface area contributed by atoms with Crippen molar-refractivity contribution in [2.75, 3.05) is 12.4 Å². The van der Waals surface area contributed by atoms with Crippen LogP contribution in [0, 0.1) is 6.92 Å². The van der Waals surface area contributed by atoms with Gasteiger partial charge in [0.1, 0.15) is 5.75 Å². The third-order valence-electron chi connectivity index (χ3n) is 3.31. The Bertz CT molecular complexity index is 860. The fraction of sp³-hybridized carbons (Fsp3) is 0.133. The zero-order chi connectivity index (χ0) is 15.7. The van der Waals surface area contributed by atoms with Gasteiger partial charge >= 0.3 is 0 Å². The summed E-state index contributed by atoms with van der Waals surface area (Å²) in [5, 5.41) is 7.44. The number of hydrogen-bond acceptors (Lipinski definition) is 4. The maximum atomic E-state index is 12.5. The van der Waals surface area contributed by atoms with Crippen LogP contribution in [-0.2, 0) is 0 Å². The van der Waals surface area contributed by atoms with Crippen LogP contribution in [-0.4, -0.2) is 27.6 Å². The lowest BCUT2D eigenvalue weighted by atomic mass is 10.2. The molecule has 1 N–H and O–H groups in total. The van der Waals surface area contributed by atoms with Gasteiger partial charge in [-0.3, -0.25) is 4.79 Å². The van der Waals surface area contributed by atoms with Gasteiger partial charge in [0, 0.05) is 17.3 Å². The summed E-state index contributed by atoms with van der Waals surface area (Å²) < 4.78 is 6.83. The lowest BCUT2D eigenvalue weighted by Gasteiger charge is -2.12. The number of aryl methyl sites for hydroxylation is 1. The van der Waals surface area contributed by atoms with Crippen molar-refractivity contribution in [1.29, 1.82) is 0 Å². The van der Waals surface area contributed by atoms with E-state index in [1.165, 1.54) is 13.3 Å². The van der Waals surface area contributed by atoms with Gasteiger partial charge in [-0.2, -0.15) is 5.10 Å². The number of hydrogen-bond donors (Lipinski definition) is 1. The molecule has 0 aliphatic heterocycles. The second-order valence-electron chi connectivity index (χ2n) is 4.66. The first-order valence-corrected chi connectivity index (χ1v) is 6.92. The first kappa shape index (κ1) is 14.3. The monoisotopic (exact) mass is 316 g/mol. The molecule has 3 rings (SSSR count). The van der Waals surface area contributed by atoms with Crippen LogP contribution in [0.15, 0.2) is 36.7 Å². The molecule has 112 valence electrons. The number of halogens is 1. The Labute approximate surface area is 131 Å². The molecule has 7 heteroatoms. The summed E-state index contributed by atoms with van der Waals surface area (Å²) in [6.07, 6.45) is 3.16. The summed E-state index contributed by atoms with van der Waals surface area (Å²) >= 11 is 5.96. The molecule has 1 amide bonds. The first-order chi connectivity index (χ1) is 10.6. The lowest BCUT2D eigenvalue weighted by Crippen LogP contribution is -2.16. The van der Waals surface area contributed by atoms with Crippen molar-refractivity contribution in [3.8, 4) is 5.75 Å². The number of ether oxygens (including phenoxy) is 1. The smallest absolute Gasteiger partial charge is 0.259 e. The number of benzene rings is 1. The van der Waals surface area contributed by atoms with Crippen molar-refractivity contribution in [3.05, 3.63) is 52.9 Å². The highest BCUT2D eigenvalue weighted by Crippen LogP contribution is 2.28. The van der Waals surface area contributed by atoms with E-state index in [1.807, 2.05) is 6.92 Å². The highest BCUT2D eigenvalue weighted by molar-refractivity contribution is 6.31. The highest BCUT2D eigenvalue weighted by Gasteiger charge is 2.15. The Kier molecular flexibility index (Phi) is 3.68. The summed E-state index contributed by atoms with van der Waals surface area (Å²) in [5.74, 6) is 0.228. The topological polar surface area (TPSA) is 68.5 Å². The lowest BCUT2D eigenvalue weighted by molar-refractivity contribution is 0.102. The minimum atomic E-state index is -0.303. The van der Waals surface area contributed by atoms with Gasteiger partial charge in [-0.15, -0.1) is 0 Å².